The van der Waals surface area contributed by atoms with Crippen LogP contribution < -0.4 is 0 Å². The van der Waals surface area contributed by atoms with Crippen LogP contribution in [-0.2, 0) is 0 Å². The van der Waals surface area contributed by atoms with Crippen molar-refractivity contribution >= 4 is 11.9 Å². The van der Waals surface area contributed by atoms with E-state index in [0.717, 1.165) is 0 Å². The zero-order valence-electron chi connectivity index (χ0n) is 11.7. The first kappa shape index (κ1) is 14.2. The molecule has 1 fully saturated rings. The van der Waals surface area contributed by atoms with Gasteiger partial charge in [-0.2, -0.15) is 0 Å². The number of carbonyl (C=O) groups excluding carboxylic acids is 2. The van der Waals surface area contributed by atoms with E-state index in [2.05, 4.69) is 0 Å². The Morgan fingerprint density at radius 3 is 2.25 bits per heavy atom. The lowest BCUT2D eigenvalue weighted by Gasteiger charge is -2.36. The quantitative estimate of drug-likeness (QED) is 0.827. The lowest BCUT2D eigenvalue weighted by molar-refractivity contribution is 0.0650. The molecule has 0 bridgehead atoms. The number of carbonyl (C=O) groups is 2. The van der Waals surface area contributed by atoms with E-state index in [0.29, 0.717) is 31.7 Å². The van der Waals surface area contributed by atoms with E-state index in [9.17, 15) is 14.7 Å². The van der Waals surface area contributed by atoms with Crippen molar-refractivity contribution in [3.63, 3.8) is 0 Å². The first-order valence-corrected chi connectivity index (χ1v) is 6.53. The summed E-state index contributed by atoms with van der Waals surface area (Å²) in [6.07, 6.45) is 0. The summed E-state index contributed by atoms with van der Waals surface area (Å²) in [7, 11) is 3.43. The summed E-state index contributed by atoms with van der Waals surface area (Å²) in [6, 6.07) is 6.28. The minimum absolute atomic E-state index is 0.0329. The molecule has 1 saturated heterocycles. The lowest BCUT2D eigenvalue weighted by atomic mass is 10.1. The minimum atomic E-state index is -0.113. The highest BCUT2D eigenvalue weighted by Crippen LogP contribution is 2.14. The topological polar surface area (TPSA) is 64.1 Å². The van der Waals surface area contributed by atoms with Crippen LogP contribution in [0.2, 0.25) is 0 Å². The fourth-order valence-electron chi connectivity index (χ4n) is 2.21. The summed E-state index contributed by atoms with van der Waals surface area (Å²) in [5, 5.41) is 9.41. The smallest absolute Gasteiger partial charge is 0.319 e. The molecule has 0 radical (unpaired) electrons. The molecule has 20 heavy (non-hydrogen) atoms. The minimum Gasteiger partial charge on any atom is -0.508 e. The van der Waals surface area contributed by atoms with Gasteiger partial charge in [0.05, 0.1) is 0 Å². The van der Waals surface area contributed by atoms with Crippen molar-refractivity contribution in [2.75, 3.05) is 40.3 Å². The van der Waals surface area contributed by atoms with Crippen molar-refractivity contribution in [2.24, 2.45) is 0 Å². The van der Waals surface area contributed by atoms with Crippen LogP contribution in [0.25, 0.3) is 0 Å². The van der Waals surface area contributed by atoms with Gasteiger partial charge in [0, 0.05) is 45.8 Å². The first-order chi connectivity index (χ1) is 9.49. The van der Waals surface area contributed by atoms with Crippen molar-refractivity contribution in [1.29, 1.82) is 0 Å². The molecule has 0 unspecified atom stereocenters. The van der Waals surface area contributed by atoms with Gasteiger partial charge in [-0.25, -0.2) is 4.79 Å². The van der Waals surface area contributed by atoms with Crippen LogP contribution in [0.5, 0.6) is 5.75 Å². The van der Waals surface area contributed by atoms with E-state index >= 15 is 0 Å². The van der Waals surface area contributed by atoms with Gasteiger partial charge in [-0.15, -0.1) is 0 Å². The molecule has 6 heteroatoms. The molecule has 1 N–H and O–H groups in total. The Hall–Kier alpha value is -2.24. The number of piperazine rings is 1. The van der Waals surface area contributed by atoms with E-state index < -0.39 is 0 Å². The number of phenolic OH excluding ortho intramolecular Hbond substituents is 1. The predicted octanol–water partition coefficient (Wildman–Crippen LogP) is 0.832. The zero-order chi connectivity index (χ0) is 14.7. The molecule has 2 rings (SSSR count). The number of nitrogens with zero attached hydrogens (tertiary/aromatic N) is 3. The normalized spacial score (nSPS) is 15.1. The van der Waals surface area contributed by atoms with E-state index in [1.54, 1.807) is 36.0 Å². The highest BCUT2D eigenvalue weighted by molar-refractivity contribution is 5.94. The molecule has 6 nitrogen and oxygen atoms in total. The second kappa shape index (κ2) is 5.81. The van der Waals surface area contributed by atoms with Gasteiger partial charge in [-0.1, -0.05) is 6.07 Å². The third-order valence-electron chi connectivity index (χ3n) is 3.31. The summed E-state index contributed by atoms with van der Waals surface area (Å²) in [5.74, 6) is -0.0323. The standard InChI is InChI=1S/C14H19N3O3/c1-15(2)14(20)17-8-6-16(7-9-17)13(19)11-4-3-5-12(18)10-11/h3-5,10,18H,6-9H2,1-2H3. The molecule has 0 spiro atoms. The summed E-state index contributed by atoms with van der Waals surface area (Å²) in [5.41, 5.74) is 0.470. The molecule has 1 heterocycles. The number of hydrogen-bond acceptors (Lipinski definition) is 3. The van der Waals surface area contributed by atoms with Gasteiger partial charge in [-0.05, 0) is 18.2 Å². The zero-order valence-corrected chi connectivity index (χ0v) is 11.7. The second-order valence-electron chi connectivity index (χ2n) is 5.01. The average Bonchev–Trinajstić information content (AvgIpc) is 2.46. The number of rotatable bonds is 1. The Morgan fingerprint density at radius 2 is 1.70 bits per heavy atom. The van der Waals surface area contributed by atoms with E-state index in [1.807, 2.05) is 0 Å². The molecule has 0 aromatic heterocycles. The molecule has 0 atom stereocenters. The maximum absolute atomic E-state index is 12.3. The third-order valence-corrected chi connectivity index (χ3v) is 3.31. The number of hydrogen-bond donors (Lipinski definition) is 1. The molecule has 1 aromatic rings. The predicted molar refractivity (Wildman–Crippen MR) is 74.7 cm³/mol. The van der Waals surface area contributed by atoms with Crippen LogP contribution >= 0.6 is 0 Å². The van der Waals surface area contributed by atoms with Gasteiger partial charge in [0.15, 0.2) is 0 Å². The Kier molecular flexibility index (Phi) is 4.12. The Labute approximate surface area is 118 Å². The fraction of sp³-hybridized carbons (Fsp3) is 0.429. The number of phenols is 1. The molecular weight excluding hydrogens is 258 g/mol. The van der Waals surface area contributed by atoms with Gasteiger partial charge >= 0.3 is 6.03 Å². The monoisotopic (exact) mass is 277 g/mol. The largest absolute Gasteiger partial charge is 0.508 e. The lowest BCUT2D eigenvalue weighted by Crippen LogP contribution is -2.52. The van der Waals surface area contributed by atoms with Gasteiger partial charge in [-0.3, -0.25) is 4.79 Å². The van der Waals surface area contributed by atoms with E-state index in [1.165, 1.54) is 17.0 Å². The molecule has 0 aliphatic carbocycles. The van der Waals surface area contributed by atoms with Crippen LogP contribution in [0.15, 0.2) is 24.3 Å². The van der Waals surface area contributed by atoms with Crippen molar-refractivity contribution in [3.8, 4) is 5.75 Å². The highest BCUT2D eigenvalue weighted by atomic mass is 16.3. The molecule has 1 aliphatic heterocycles. The second-order valence-corrected chi connectivity index (χ2v) is 5.01. The SMILES string of the molecule is CN(C)C(=O)N1CCN(C(=O)c2cccc(O)c2)CC1. The maximum Gasteiger partial charge on any atom is 0.319 e. The van der Waals surface area contributed by atoms with Crippen molar-refractivity contribution in [1.82, 2.24) is 14.7 Å². The number of aromatic hydroxyl groups is 1. The van der Waals surface area contributed by atoms with Gasteiger partial charge in [0.2, 0.25) is 0 Å². The Bertz CT molecular complexity index is 508. The highest BCUT2D eigenvalue weighted by Gasteiger charge is 2.25. The Morgan fingerprint density at radius 1 is 1.10 bits per heavy atom. The maximum atomic E-state index is 12.3. The van der Waals surface area contributed by atoms with Crippen LogP contribution in [0, 0.1) is 0 Å². The summed E-state index contributed by atoms with van der Waals surface area (Å²) in [6.45, 7) is 2.07. The Balaban J connectivity index is 1.97. The van der Waals surface area contributed by atoms with Crippen molar-refractivity contribution in [3.05, 3.63) is 29.8 Å². The van der Waals surface area contributed by atoms with Crippen molar-refractivity contribution < 1.29 is 14.7 Å². The number of amides is 3. The summed E-state index contributed by atoms with van der Waals surface area (Å²) < 4.78 is 0. The molecule has 108 valence electrons. The van der Waals surface area contributed by atoms with Gasteiger partial charge in [0.1, 0.15) is 5.75 Å². The first-order valence-electron chi connectivity index (χ1n) is 6.53. The molecule has 1 aliphatic rings. The molecular formula is C14H19N3O3. The summed E-state index contributed by atoms with van der Waals surface area (Å²) >= 11 is 0. The van der Waals surface area contributed by atoms with Gasteiger partial charge < -0.3 is 19.8 Å². The van der Waals surface area contributed by atoms with Crippen LogP contribution in [0.3, 0.4) is 0 Å². The number of urea groups is 1. The molecule has 0 saturated carbocycles. The summed E-state index contributed by atoms with van der Waals surface area (Å²) in [4.78, 5) is 29.0. The third kappa shape index (κ3) is 3.01. The molecule has 1 aromatic carbocycles. The van der Waals surface area contributed by atoms with E-state index in [4.69, 9.17) is 0 Å². The van der Waals surface area contributed by atoms with Crippen LogP contribution in [0.1, 0.15) is 10.4 Å². The fourth-order valence-corrected chi connectivity index (χ4v) is 2.21. The average molecular weight is 277 g/mol. The van der Waals surface area contributed by atoms with E-state index in [-0.39, 0.29) is 17.7 Å². The van der Waals surface area contributed by atoms with Crippen LogP contribution in [-0.4, -0.2) is 72.0 Å². The molecule has 3 amide bonds. The van der Waals surface area contributed by atoms with Gasteiger partial charge in [0.25, 0.3) is 5.91 Å². The van der Waals surface area contributed by atoms with Crippen LogP contribution in [0.4, 0.5) is 4.79 Å². The number of benzene rings is 1. The van der Waals surface area contributed by atoms with Crippen molar-refractivity contribution in [2.45, 2.75) is 0 Å².